The van der Waals surface area contributed by atoms with Gasteiger partial charge in [0.05, 0.1) is 0 Å². The number of hydrogen-bond acceptors (Lipinski definition) is 1. The van der Waals surface area contributed by atoms with E-state index in [-0.39, 0.29) is 5.04 Å². The fourth-order valence-corrected chi connectivity index (χ4v) is 9.34. The maximum absolute atomic E-state index is 7.03. The highest BCUT2D eigenvalue weighted by molar-refractivity contribution is 14.1. The molecular formula is C27H37IOSi. The van der Waals surface area contributed by atoms with E-state index in [2.05, 4.69) is 137 Å². The van der Waals surface area contributed by atoms with E-state index < -0.39 is 8.32 Å². The van der Waals surface area contributed by atoms with Crippen molar-refractivity contribution in [3.8, 4) is 0 Å². The summed E-state index contributed by atoms with van der Waals surface area (Å²) in [5, 5.41) is 2.73. The van der Waals surface area contributed by atoms with Crippen LogP contribution in [0.4, 0.5) is 0 Å². The number of halogens is 1. The van der Waals surface area contributed by atoms with Crippen molar-refractivity contribution in [1.29, 1.82) is 0 Å². The van der Waals surface area contributed by atoms with Crippen LogP contribution in [-0.2, 0) is 4.43 Å². The van der Waals surface area contributed by atoms with Crippen molar-refractivity contribution in [2.45, 2.75) is 52.5 Å². The topological polar surface area (TPSA) is 9.23 Å². The second-order valence-corrected chi connectivity index (χ2v) is 15.2. The lowest BCUT2D eigenvalue weighted by molar-refractivity contribution is 0.276. The molecule has 0 amide bonds. The molecule has 2 atom stereocenters. The van der Waals surface area contributed by atoms with Gasteiger partial charge in [0.25, 0.3) is 8.32 Å². The van der Waals surface area contributed by atoms with Crippen LogP contribution in [0.15, 0.2) is 83.0 Å². The molecule has 0 aliphatic carbocycles. The Morgan fingerprint density at radius 2 is 1.53 bits per heavy atom. The second kappa shape index (κ2) is 11.4. The molecule has 162 valence electrons. The van der Waals surface area contributed by atoms with E-state index in [1.54, 1.807) is 0 Å². The number of benzene rings is 2. The Hall–Kier alpha value is -1.17. The molecule has 0 radical (unpaired) electrons. The van der Waals surface area contributed by atoms with Crippen LogP contribution in [0.5, 0.6) is 0 Å². The average Bonchev–Trinajstić information content (AvgIpc) is 2.72. The van der Waals surface area contributed by atoms with Crippen LogP contribution in [0, 0.1) is 11.8 Å². The zero-order valence-electron chi connectivity index (χ0n) is 19.2. The molecule has 2 rings (SSSR count). The summed E-state index contributed by atoms with van der Waals surface area (Å²) in [6.07, 6.45) is 6.62. The zero-order valence-corrected chi connectivity index (χ0v) is 22.4. The largest absolute Gasteiger partial charge is 0.407 e. The maximum atomic E-state index is 7.03. The van der Waals surface area contributed by atoms with Gasteiger partial charge < -0.3 is 4.43 Å². The molecule has 0 fully saturated rings. The van der Waals surface area contributed by atoms with Crippen molar-refractivity contribution >= 4 is 41.3 Å². The smallest absolute Gasteiger partial charge is 0.261 e. The van der Waals surface area contributed by atoms with E-state index in [0.717, 1.165) is 19.4 Å². The summed E-state index contributed by atoms with van der Waals surface area (Å²) >= 11 is 2.41. The predicted molar refractivity (Wildman–Crippen MR) is 143 cm³/mol. The molecule has 0 heterocycles. The van der Waals surface area contributed by atoms with Crippen molar-refractivity contribution in [2.75, 3.05) is 6.61 Å². The van der Waals surface area contributed by atoms with E-state index >= 15 is 0 Å². The first-order chi connectivity index (χ1) is 14.2. The zero-order chi connectivity index (χ0) is 22.2. The van der Waals surface area contributed by atoms with Crippen LogP contribution in [0.2, 0.25) is 5.04 Å². The SMILES string of the molecule is C=CC(C)C(/C=C(/C)I)CCCO[Si](c1ccccc1)(c1ccccc1)C(C)(C)C. The van der Waals surface area contributed by atoms with Gasteiger partial charge >= 0.3 is 0 Å². The van der Waals surface area contributed by atoms with Gasteiger partial charge in [-0.05, 0) is 73.2 Å². The Labute approximate surface area is 198 Å². The summed E-state index contributed by atoms with van der Waals surface area (Å²) < 4.78 is 8.37. The molecule has 0 aliphatic heterocycles. The van der Waals surface area contributed by atoms with Gasteiger partial charge in [-0.2, -0.15) is 0 Å². The van der Waals surface area contributed by atoms with Gasteiger partial charge in [0.15, 0.2) is 0 Å². The van der Waals surface area contributed by atoms with Gasteiger partial charge in [-0.1, -0.05) is 101 Å². The summed E-state index contributed by atoms with van der Waals surface area (Å²) in [5.41, 5.74) is 0. The molecule has 0 spiro atoms. The average molecular weight is 533 g/mol. The highest BCUT2D eigenvalue weighted by atomic mass is 127. The monoisotopic (exact) mass is 532 g/mol. The summed E-state index contributed by atoms with van der Waals surface area (Å²) in [5.74, 6) is 0.990. The van der Waals surface area contributed by atoms with E-state index in [0.29, 0.717) is 11.8 Å². The van der Waals surface area contributed by atoms with Crippen LogP contribution in [-0.4, -0.2) is 14.9 Å². The number of hydrogen-bond donors (Lipinski definition) is 0. The molecular weight excluding hydrogens is 495 g/mol. The maximum Gasteiger partial charge on any atom is 0.261 e. The van der Waals surface area contributed by atoms with Crippen LogP contribution >= 0.6 is 22.6 Å². The lowest BCUT2D eigenvalue weighted by atomic mass is 9.89. The Morgan fingerprint density at radius 3 is 1.93 bits per heavy atom. The molecule has 0 N–H and O–H groups in total. The lowest BCUT2D eigenvalue weighted by Gasteiger charge is -2.43. The fourth-order valence-electron chi connectivity index (χ4n) is 4.27. The first-order valence-electron chi connectivity index (χ1n) is 10.9. The normalized spacial score (nSPS) is 14.9. The Morgan fingerprint density at radius 1 is 1.03 bits per heavy atom. The second-order valence-electron chi connectivity index (χ2n) is 9.17. The summed E-state index contributed by atoms with van der Waals surface area (Å²) in [6.45, 7) is 16.2. The molecule has 0 saturated heterocycles. The van der Waals surface area contributed by atoms with Crippen LogP contribution in [0.1, 0.15) is 47.5 Å². The van der Waals surface area contributed by atoms with Gasteiger partial charge in [-0.25, -0.2) is 0 Å². The Bertz CT molecular complexity index is 764. The van der Waals surface area contributed by atoms with Crippen molar-refractivity contribution in [1.82, 2.24) is 0 Å². The summed E-state index contributed by atoms with van der Waals surface area (Å²) in [7, 11) is -2.43. The first-order valence-corrected chi connectivity index (χ1v) is 13.9. The van der Waals surface area contributed by atoms with E-state index in [1.165, 1.54) is 14.0 Å². The highest BCUT2D eigenvalue weighted by Gasteiger charge is 2.49. The molecule has 2 unspecified atom stereocenters. The van der Waals surface area contributed by atoms with Crippen molar-refractivity contribution in [2.24, 2.45) is 11.8 Å². The first kappa shape index (κ1) is 25.1. The van der Waals surface area contributed by atoms with Crippen LogP contribution in [0.3, 0.4) is 0 Å². The molecule has 2 aromatic rings. The van der Waals surface area contributed by atoms with Crippen LogP contribution in [0.25, 0.3) is 0 Å². The van der Waals surface area contributed by atoms with Crippen molar-refractivity contribution in [3.63, 3.8) is 0 Å². The minimum atomic E-state index is -2.43. The van der Waals surface area contributed by atoms with Gasteiger partial charge in [0.1, 0.15) is 0 Å². The summed E-state index contributed by atoms with van der Waals surface area (Å²) in [4.78, 5) is 0. The van der Waals surface area contributed by atoms with Gasteiger partial charge in [-0.3, -0.25) is 0 Å². The molecule has 2 aromatic carbocycles. The predicted octanol–water partition coefficient (Wildman–Crippen LogP) is 7.12. The standard InChI is InChI=1S/C27H37IOSi/c1-7-22(2)24(21-23(3)28)15-14-20-29-30(27(4,5)6,25-16-10-8-11-17-25)26-18-12-9-13-19-26/h7-13,16-19,21-22,24H,1,14-15,20H2,2-6H3/b23-21-. The highest BCUT2D eigenvalue weighted by Crippen LogP contribution is 2.37. The van der Waals surface area contributed by atoms with Crippen LogP contribution < -0.4 is 10.4 Å². The molecule has 3 heteroatoms. The third-order valence-corrected chi connectivity index (χ3v) is 11.3. The van der Waals surface area contributed by atoms with Crippen molar-refractivity contribution in [3.05, 3.63) is 83.0 Å². The van der Waals surface area contributed by atoms with Gasteiger partial charge in [0, 0.05) is 6.61 Å². The number of rotatable bonds is 10. The molecule has 30 heavy (non-hydrogen) atoms. The van der Waals surface area contributed by atoms with Gasteiger partial charge in [-0.15, -0.1) is 6.58 Å². The van der Waals surface area contributed by atoms with E-state index in [9.17, 15) is 0 Å². The van der Waals surface area contributed by atoms with E-state index in [4.69, 9.17) is 4.43 Å². The molecule has 0 aromatic heterocycles. The third kappa shape index (κ3) is 6.18. The minimum absolute atomic E-state index is 0.0300. The fraction of sp³-hybridized carbons (Fsp3) is 0.407. The Balaban J connectivity index is 2.31. The van der Waals surface area contributed by atoms with E-state index in [1.807, 2.05) is 0 Å². The summed E-state index contributed by atoms with van der Waals surface area (Å²) in [6, 6.07) is 21.8. The number of allylic oxidation sites excluding steroid dienone is 3. The third-order valence-electron chi connectivity index (χ3n) is 5.91. The molecule has 1 nitrogen and oxygen atoms in total. The lowest BCUT2D eigenvalue weighted by Crippen LogP contribution is -2.66. The minimum Gasteiger partial charge on any atom is -0.407 e. The van der Waals surface area contributed by atoms with Crippen molar-refractivity contribution < 1.29 is 4.43 Å². The quantitative estimate of drug-likeness (QED) is 0.137. The molecule has 0 bridgehead atoms. The van der Waals surface area contributed by atoms with Gasteiger partial charge in [0.2, 0.25) is 0 Å². The molecule has 0 saturated carbocycles. The molecule has 0 aliphatic rings. The Kier molecular flexibility index (Phi) is 9.57.